The van der Waals surface area contributed by atoms with Crippen molar-refractivity contribution in [2.24, 2.45) is 0 Å². The van der Waals surface area contributed by atoms with Crippen molar-refractivity contribution in [2.45, 2.75) is 6.92 Å². The van der Waals surface area contributed by atoms with Gasteiger partial charge in [-0.3, -0.25) is 4.79 Å². The fraction of sp³-hybridized carbons (Fsp3) is 0.176. The summed E-state index contributed by atoms with van der Waals surface area (Å²) in [6, 6.07) is 9.24. The molecular formula is C17H15Cl2NO5. The lowest BCUT2D eigenvalue weighted by Crippen LogP contribution is -2.14. The Bertz CT molecular complexity index is 777. The second-order valence-corrected chi connectivity index (χ2v) is 5.70. The van der Waals surface area contributed by atoms with Crippen LogP contribution in [0, 0.1) is 0 Å². The van der Waals surface area contributed by atoms with Crippen LogP contribution in [0.3, 0.4) is 0 Å². The van der Waals surface area contributed by atoms with E-state index in [1.165, 1.54) is 12.1 Å². The lowest BCUT2D eigenvalue weighted by Gasteiger charge is -2.13. The van der Waals surface area contributed by atoms with Crippen molar-refractivity contribution in [3.63, 3.8) is 0 Å². The second-order valence-electron chi connectivity index (χ2n) is 4.86. The number of carbonyl (C=O) groups is 2. The first kappa shape index (κ1) is 18.9. The van der Waals surface area contributed by atoms with Gasteiger partial charge in [-0.1, -0.05) is 23.2 Å². The summed E-state index contributed by atoms with van der Waals surface area (Å²) in [6.07, 6.45) is 0. The standard InChI is InChI=1S/C17H15Cl2NO5/c1-2-24-16-13(7-10(18)8-14(16)19)17(23)20-11-3-5-12(6-4-11)25-9-15(21)22/h3-8H,2,9H2,1H3,(H,20,23)(H,21,22). The van der Waals surface area contributed by atoms with Crippen LogP contribution in [-0.4, -0.2) is 30.2 Å². The van der Waals surface area contributed by atoms with E-state index < -0.39 is 18.5 Å². The normalized spacial score (nSPS) is 10.2. The molecule has 0 aliphatic carbocycles. The van der Waals surface area contributed by atoms with Crippen LogP contribution in [0.1, 0.15) is 17.3 Å². The number of rotatable bonds is 7. The second kappa shape index (κ2) is 8.60. The maximum atomic E-state index is 12.5. The van der Waals surface area contributed by atoms with E-state index in [1.54, 1.807) is 31.2 Å². The lowest BCUT2D eigenvalue weighted by atomic mass is 10.1. The topological polar surface area (TPSA) is 84.9 Å². The molecule has 0 radical (unpaired) electrons. The number of benzene rings is 2. The Morgan fingerprint density at radius 1 is 1.12 bits per heavy atom. The molecule has 132 valence electrons. The fourth-order valence-electron chi connectivity index (χ4n) is 2.00. The highest BCUT2D eigenvalue weighted by molar-refractivity contribution is 6.36. The lowest BCUT2D eigenvalue weighted by molar-refractivity contribution is -0.139. The van der Waals surface area contributed by atoms with Crippen molar-refractivity contribution in [3.8, 4) is 11.5 Å². The van der Waals surface area contributed by atoms with Gasteiger partial charge in [-0.05, 0) is 43.3 Å². The zero-order chi connectivity index (χ0) is 18.4. The Morgan fingerprint density at radius 3 is 2.40 bits per heavy atom. The number of hydrogen-bond donors (Lipinski definition) is 2. The molecule has 2 aromatic rings. The minimum atomic E-state index is -1.07. The average Bonchev–Trinajstić information content (AvgIpc) is 2.56. The zero-order valence-corrected chi connectivity index (χ0v) is 14.7. The van der Waals surface area contributed by atoms with E-state index in [2.05, 4.69) is 5.32 Å². The van der Waals surface area contributed by atoms with E-state index in [-0.39, 0.29) is 16.3 Å². The van der Waals surface area contributed by atoms with Gasteiger partial charge in [0.1, 0.15) is 5.75 Å². The summed E-state index contributed by atoms with van der Waals surface area (Å²) in [5.74, 6) is -0.876. The summed E-state index contributed by atoms with van der Waals surface area (Å²) in [4.78, 5) is 23.0. The van der Waals surface area contributed by atoms with Crippen LogP contribution in [0.25, 0.3) is 0 Å². The van der Waals surface area contributed by atoms with E-state index in [1.807, 2.05) is 0 Å². The zero-order valence-electron chi connectivity index (χ0n) is 13.2. The molecule has 0 aliphatic heterocycles. The van der Waals surface area contributed by atoms with Crippen LogP contribution >= 0.6 is 23.2 Å². The SMILES string of the molecule is CCOc1c(Cl)cc(Cl)cc1C(=O)Nc1ccc(OCC(=O)O)cc1. The molecule has 0 aromatic heterocycles. The van der Waals surface area contributed by atoms with Crippen LogP contribution in [0.4, 0.5) is 5.69 Å². The molecule has 0 saturated carbocycles. The number of ether oxygens (including phenoxy) is 2. The van der Waals surface area contributed by atoms with Crippen LogP contribution in [-0.2, 0) is 4.79 Å². The van der Waals surface area contributed by atoms with E-state index in [4.69, 9.17) is 37.8 Å². The Hall–Kier alpha value is -2.44. The van der Waals surface area contributed by atoms with Gasteiger partial charge < -0.3 is 19.9 Å². The van der Waals surface area contributed by atoms with Crippen molar-refractivity contribution in [3.05, 3.63) is 52.0 Å². The molecule has 0 bridgehead atoms. The monoisotopic (exact) mass is 383 g/mol. The molecule has 0 aliphatic rings. The molecule has 0 atom stereocenters. The van der Waals surface area contributed by atoms with Gasteiger partial charge in [-0.2, -0.15) is 0 Å². The molecule has 8 heteroatoms. The summed E-state index contributed by atoms with van der Waals surface area (Å²) < 4.78 is 10.5. The molecule has 0 unspecified atom stereocenters. The molecule has 2 aromatic carbocycles. The number of carboxylic acid groups (broad SMARTS) is 1. The van der Waals surface area contributed by atoms with Gasteiger partial charge in [0.05, 0.1) is 17.2 Å². The molecular weight excluding hydrogens is 369 g/mol. The molecule has 2 rings (SSSR count). The smallest absolute Gasteiger partial charge is 0.341 e. The van der Waals surface area contributed by atoms with Crippen molar-refractivity contribution >= 4 is 40.8 Å². The summed E-state index contributed by atoms with van der Waals surface area (Å²) in [7, 11) is 0. The largest absolute Gasteiger partial charge is 0.491 e. The van der Waals surface area contributed by atoms with Crippen molar-refractivity contribution in [2.75, 3.05) is 18.5 Å². The minimum absolute atomic E-state index is 0.213. The summed E-state index contributed by atoms with van der Waals surface area (Å²) >= 11 is 12.1. The van der Waals surface area contributed by atoms with Gasteiger partial charge in [0.25, 0.3) is 5.91 Å². The van der Waals surface area contributed by atoms with Crippen molar-refractivity contribution in [1.29, 1.82) is 0 Å². The van der Waals surface area contributed by atoms with E-state index in [0.717, 1.165) is 0 Å². The maximum Gasteiger partial charge on any atom is 0.341 e. The predicted octanol–water partition coefficient (Wildman–Crippen LogP) is 4.11. The van der Waals surface area contributed by atoms with E-state index >= 15 is 0 Å². The van der Waals surface area contributed by atoms with Crippen LogP contribution < -0.4 is 14.8 Å². The molecule has 25 heavy (non-hydrogen) atoms. The number of hydrogen-bond acceptors (Lipinski definition) is 4. The van der Waals surface area contributed by atoms with Gasteiger partial charge >= 0.3 is 5.97 Å². The minimum Gasteiger partial charge on any atom is -0.491 e. The number of aliphatic carboxylic acids is 1. The quantitative estimate of drug-likeness (QED) is 0.751. The van der Waals surface area contributed by atoms with E-state index in [9.17, 15) is 9.59 Å². The number of carboxylic acids is 1. The van der Waals surface area contributed by atoms with Gasteiger partial charge in [-0.15, -0.1) is 0 Å². The highest BCUT2D eigenvalue weighted by Gasteiger charge is 2.17. The third-order valence-corrected chi connectivity index (χ3v) is 3.52. The van der Waals surface area contributed by atoms with Crippen LogP contribution in [0.2, 0.25) is 10.0 Å². The van der Waals surface area contributed by atoms with Crippen molar-refractivity contribution < 1.29 is 24.2 Å². The molecule has 2 N–H and O–H groups in total. The first-order valence-electron chi connectivity index (χ1n) is 7.28. The van der Waals surface area contributed by atoms with Crippen molar-refractivity contribution in [1.82, 2.24) is 0 Å². The first-order valence-corrected chi connectivity index (χ1v) is 8.04. The highest BCUT2D eigenvalue weighted by atomic mass is 35.5. The third kappa shape index (κ3) is 5.27. The van der Waals surface area contributed by atoms with Gasteiger partial charge in [0, 0.05) is 10.7 Å². The molecule has 0 fully saturated rings. The van der Waals surface area contributed by atoms with Crippen LogP contribution in [0.15, 0.2) is 36.4 Å². The predicted molar refractivity (Wildman–Crippen MR) is 95.2 cm³/mol. The fourth-order valence-corrected chi connectivity index (χ4v) is 2.55. The maximum absolute atomic E-state index is 12.5. The molecule has 6 nitrogen and oxygen atoms in total. The van der Waals surface area contributed by atoms with Gasteiger partial charge in [0.15, 0.2) is 12.4 Å². The molecule has 0 spiro atoms. The third-order valence-electron chi connectivity index (χ3n) is 3.02. The van der Waals surface area contributed by atoms with Gasteiger partial charge in [0.2, 0.25) is 0 Å². The van der Waals surface area contributed by atoms with Gasteiger partial charge in [-0.25, -0.2) is 4.79 Å². The molecule has 0 heterocycles. The number of anilines is 1. The number of nitrogens with one attached hydrogen (secondary N) is 1. The Balaban J connectivity index is 2.15. The average molecular weight is 384 g/mol. The Labute approximate surface area is 154 Å². The highest BCUT2D eigenvalue weighted by Crippen LogP contribution is 2.33. The Kier molecular flexibility index (Phi) is 6.50. The Morgan fingerprint density at radius 2 is 1.80 bits per heavy atom. The molecule has 0 saturated heterocycles. The van der Waals surface area contributed by atoms with Crippen LogP contribution in [0.5, 0.6) is 11.5 Å². The first-order chi connectivity index (χ1) is 11.9. The number of carbonyl (C=O) groups excluding carboxylic acids is 1. The summed E-state index contributed by atoms with van der Waals surface area (Å²) in [5.41, 5.74) is 0.705. The summed E-state index contributed by atoms with van der Waals surface area (Å²) in [6.45, 7) is 1.68. The van der Waals surface area contributed by atoms with E-state index in [0.29, 0.717) is 23.1 Å². The summed E-state index contributed by atoms with van der Waals surface area (Å²) in [5, 5.41) is 11.8. The number of halogens is 2. The number of amides is 1. The molecule has 1 amide bonds.